The van der Waals surface area contributed by atoms with Gasteiger partial charge in [-0.1, -0.05) is 11.6 Å². The number of pyridine rings is 1. The summed E-state index contributed by atoms with van der Waals surface area (Å²) in [4.78, 5) is 3.62. The highest BCUT2D eigenvalue weighted by Crippen LogP contribution is 2.32. The van der Waals surface area contributed by atoms with Gasteiger partial charge in [-0.05, 0) is 6.07 Å². The zero-order valence-electron chi connectivity index (χ0n) is 10.9. The molecule has 5 nitrogen and oxygen atoms in total. The van der Waals surface area contributed by atoms with E-state index in [-0.39, 0.29) is 17.4 Å². The summed E-state index contributed by atoms with van der Waals surface area (Å²) in [6, 6.07) is 0.785. The highest BCUT2D eigenvalue weighted by molar-refractivity contribution is 6.32. The Labute approximate surface area is 123 Å². The van der Waals surface area contributed by atoms with Crippen molar-refractivity contribution in [3.63, 3.8) is 0 Å². The number of nitrogens with zero attached hydrogens (tertiary/aromatic N) is 3. The minimum absolute atomic E-state index is 0.0454. The topological polar surface area (TPSA) is 63.0 Å². The van der Waals surface area contributed by atoms with Crippen LogP contribution in [0.25, 0.3) is 0 Å². The van der Waals surface area contributed by atoms with Crippen LogP contribution in [0.3, 0.4) is 0 Å². The third kappa shape index (κ3) is 3.85. The second-order valence-corrected chi connectivity index (χ2v) is 4.80. The number of hydrogen-bond donors (Lipinski definition) is 2. The maximum atomic E-state index is 12.5. The second kappa shape index (κ2) is 5.90. The first-order valence-corrected chi connectivity index (χ1v) is 6.28. The Morgan fingerprint density at radius 1 is 1.43 bits per heavy atom. The van der Waals surface area contributed by atoms with Crippen LogP contribution in [0.2, 0.25) is 5.02 Å². The first kappa shape index (κ1) is 15.6. The van der Waals surface area contributed by atoms with Crippen molar-refractivity contribution in [2.45, 2.75) is 12.3 Å². The van der Waals surface area contributed by atoms with E-state index in [1.165, 1.54) is 10.9 Å². The lowest BCUT2D eigenvalue weighted by atomic mass is 10.2. The van der Waals surface area contributed by atoms with Crippen LogP contribution in [0.15, 0.2) is 24.7 Å². The highest BCUT2D eigenvalue weighted by atomic mass is 35.5. The molecular weight excluding hydrogens is 309 g/mol. The number of aliphatic hydroxyl groups excluding tert-OH is 1. The van der Waals surface area contributed by atoms with Crippen LogP contribution in [-0.4, -0.2) is 26.4 Å². The molecule has 0 amide bonds. The number of anilines is 1. The van der Waals surface area contributed by atoms with E-state index in [1.807, 2.05) is 0 Å². The third-order valence-corrected chi connectivity index (χ3v) is 3.03. The molecule has 0 fully saturated rings. The van der Waals surface area contributed by atoms with Gasteiger partial charge >= 0.3 is 6.18 Å². The molecule has 2 aromatic heterocycles. The molecule has 0 saturated heterocycles. The van der Waals surface area contributed by atoms with Gasteiger partial charge in [-0.25, -0.2) is 4.98 Å². The Hall–Kier alpha value is -1.80. The maximum Gasteiger partial charge on any atom is 0.417 e. The van der Waals surface area contributed by atoms with Crippen molar-refractivity contribution < 1.29 is 18.3 Å². The van der Waals surface area contributed by atoms with Crippen molar-refractivity contribution in [1.82, 2.24) is 14.8 Å². The number of hydrogen-bond acceptors (Lipinski definition) is 4. The number of aryl methyl sites for hydroxylation is 1. The molecule has 2 heterocycles. The third-order valence-electron chi connectivity index (χ3n) is 2.74. The zero-order valence-corrected chi connectivity index (χ0v) is 11.7. The fourth-order valence-electron chi connectivity index (χ4n) is 1.65. The van der Waals surface area contributed by atoms with Gasteiger partial charge in [0.1, 0.15) is 5.82 Å². The summed E-state index contributed by atoms with van der Waals surface area (Å²) < 4.78 is 38.9. The van der Waals surface area contributed by atoms with Crippen molar-refractivity contribution in [1.29, 1.82) is 0 Å². The van der Waals surface area contributed by atoms with E-state index in [0.29, 0.717) is 11.8 Å². The minimum atomic E-state index is -4.50. The van der Waals surface area contributed by atoms with E-state index in [0.717, 1.165) is 6.07 Å². The molecule has 2 aromatic rings. The van der Waals surface area contributed by atoms with Crippen LogP contribution in [0.5, 0.6) is 0 Å². The first-order chi connectivity index (χ1) is 9.77. The van der Waals surface area contributed by atoms with Crippen molar-refractivity contribution in [3.8, 4) is 0 Å². The lowest BCUT2D eigenvalue weighted by Crippen LogP contribution is -2.14. The molecule has 0 saturated carbocycles. The fraction of sp³-hybridized carbons (Fsp3) is 0.333. The predicted octanol–water partition coefficient (Wildman–Crippen LogP) is 2.63. The predicted molar refractivity (Wildman–Crippen MR) is 70.9 cm³/mol. The molecule has 2 N–H and O–H groups in total. The van der Waals surface area contributed by atoms with Crippen molar-refractivity contribution in [2.24, 2.45) is 7.05 Å². The van der Waals surface area contributed by atoms with Gasteiger partial charge < -0.3 is 10.4 Å². The zero-order chi connectivity index (χ0) is 15.6. The van der Waals surface area contributed by atoms with Crippen molar-refractivity contribution in [3.05, 3.63) is 40.8 Å². The average Bonchev–Trinajstić information content (AvgIpc) is 2.82. The molecule has 0 bridgehead atoms. The highest BCUT2D eigenvalue weighted by Gasteiger charge is 2.31. The van der Waals surface area contributed by atoms with Crippen molar-refractivity contribution >= 4 is 17.4 Å². The molecule has 9 heteroatoms. The van der Waals surface area contributed by atoms with Crippen molar-refractivity contribution in [2.75, 3.05) is 11.9 Å². The number of aliphatic hydroxyl groups is 1. The molecule has 1 unspecified atom stereocenters. The van der Waals surface area contributed by atoms with Gasteiger partial charge in [0.15, 0.2) is 0 Å². The molecule has 0 radical (unpaired) electrons. The van der Waals surface area contributed by atoms with E-state index in [1.54, 1.807) is 13.2 Å². The van der Waals surface area contributed by atoms with Gasteiger partial charge in [0.05, 0.1) is 22.9 Å². The van der Waals surface area contributed by atoms with Gasteiger partial charge in [0.25, 0.3) is 0 Å². The SMILES string of the molecule is Cn1cc(C(O)CNc2ncc(C(F)(F)F)cc2Cl)cn1. The number of nitrogens with one attached hydrogen (secondary N) is 1. The summed E-state index contributed by atoms with van der Waals surface area (Å²) in [6.45, 7) is 0.0454. The van der Waals surface area contributed by atoms with Gasteiger partial charge in [0.2, 0.25) is 0 Å². The molecule has 21 heavy (non-hydrogen) atoms. The van der Waals surface area contributed by atoms with Gasteiger partial charge in [-0.2, -0.15) is 18.3 Å². The quantitative estimate of drug-likeness (QED) is 0.909. The van der Waals surface area contributed by atoms with Gasteiger partial charge in [0, 0.05) is 31.5 Å². The average molecular weight is 321 g/mol. The second-order valence-electron chi connectivity index (χ2n) is 4.40. The van der Waals surface area contributed by atoms with Gasteiger partial charge in [-0.3, -0.25) is 4.68 Å². The minimum Gasteiger partial charge on any atom is -0.386 e. The number of aromatic nitrogens is 3. The lowest BCUT2D eigenvalue weighted by Gasteiger charge is -2.13. The molecule has 0 spiro atoms. The number of alkyl halides is 3. The number of halogens is 4. The van der Waals surface area contributed by atoms with Crippen LogP contribution in [0.4, 0.5) is 19.0 Å². The summed E-state index contributed by atoms with van der Waals surface area (Å²) in [7, 11) is 1.71. The normalized spacial score (nSPS) is 13.2. The van der Waals surface area contributed by atoms with E-state index in [9.17, 15) is 18.3 Å². The Morgan fingerprint density at radius 2 is 2.14 bits per heavy atom. The van der Waals surface area contributed by atoms with Crippen LogP contribution >= 0.6 is 11.6 Å². The van der Waals surface area contributed by atoms with E-state index < -0.39 is 17.8 Å². The van der Waals surface area contributed by atoms with Crippen LogP contribution < -0.4 is 5.32 Å². The lowest BCUT2D eigenvalue weighted by molar-refractivity contribution is -0.137. The summed E-state index contributed by atoms with van der Waals surface area (Å²) in [5, 5.41) is 16.4. The van der Waals surface area contributed by atoms with Gasteiger partial charge in [-0.15, -0.1) is 0 Å². The van der Waals surface area contributed by atoms with Crippen LogP contribution in [0.1, 0.15) is 17.2 Å². The molecule has 1 atom stereocenters. The van der Waals surface area contributed by atoms with Crippen LogP contribution in [-0.2, 0) is 13.2 Å². The van der Waals surface area contributed by atoms with E-state index in [2.05, 4.69) is 15.4 Å². The number of rotatable bonds is 4. The molecule has 0 aliphatic heterocycles. The molecule has 2 rings (SSSR count). The summed E-state index contributed by atoms with van der Waals surface area (Å²) in [5.41, 5.74) is -0.348. The largest absolute Gasteiger partial charge is 0.417 e. The maximum absolute atomic E-state index is 12.5. The fourth-order valence-corrected chi connectivity index (χ4v) is 1.88. The molecule has 0 aliphatic carbocycles. The Balaban J connectivity index is 2.03. The first-order valence-electron chi connectivity index (χ1n) is 5.90. The molecule has 0 aliphatic rings. The molecule has 0 aromatic carbocycles. The summed E-state index contributed by atoms with van der Waals surface area (Å²) in [6.07, 6.45) is -1.56. The summed E-state index contributed by atoms with van der Waals surface area (Å²) >= 11 is 5.75. The Morgan fingerprint density at radius 3 is 2.67 bits per heavy atom. The standard InChI is InChI=1S/C12H12ClF3N4O/c1-20-6-7(3-19-20)10(21)5-18-11-9(13)2-8(4-17-11)12(14,15)16/h2-4,6,10,21H,5H2,1H3,(H,17,18). The summed E-state index contributed by atoms with van der Waals surface area (Å²) in [5.74, 6) is 0.0765. The smallest absolute Gasteiger partial charge is 0.386 e. The Bertz CT molecular complexity index is 629. The van der Waals surface area contributed by atoms with E-state index in [4.69, 9.17) is 11.6 Å². The molecule has 114 valence electrons. The molecular formula is C12H12ClF3N4O. The van der Waals surface area contributed by atoms with E-state index >= 15 is 0 Å². The Kier molecular flexibility index (Phi) is 4.38. The van der Waals surface area contributed by atoms with Crippen LogP contribution in [0, 0.1) is 0 Å². The monoisotopic (exact) mass is 320 g/mol.